The van der Waals surface area contributed by atoms with E-state index in [4.69, 9.17) is 9.47 Å². The maximum absolute atomic E-state index is 12.5. The fourth-order valence-corrected chi connectivity index (χ4v) is 3.11. The van der Waals surface area contributed by atoms with Gasteiger partial charge in [0.2, 0.25) is 0 Å². The monoisotopic (exact) mass is 449 g/mol. The number of imide groups is 2. The Bertz CT molecular complexity index is 1150. The number of carbonyl (C=O) groups is 4. The van der Waals surface area contributed by atoms with Gasteiger partial charge in [-0.1, -0.05) is 24.3 Å². The minimum absolute atomic E-state index is 0.0317. The number of amides is 5. The molecule has 9 heteroatoms. The van der Waals surface area contributed by atoms with Crippen molar-refractivity contribution in [3.63, 3.8) is 0 Å². The minimum Gasteiger partial charge on any atom is -0.493 e. The summed E-state index contributed by atoms with van der Waals surface area (Å²) >= 11 is 0. The van der Waals surface area contributed by atoms with Crippen LogP contribution in [0.25, 0.3) is 6.08 Å². The lowest BCUT2D eigenvalue weighted by Crippen LogP contribution is -2.54. The van der Waals surface area contributed by atoms with Crippen LogP contribution in [0.1, 0.15) is 11.1 Å². The van der Waals surface area contributed by atoms with E-state index in [0.29, 0.717) is 22.7 Å². The van der Waals surface area contributed by atoms with E-state index in [1.165, 1.54) is 19.3 Å². The van der Waals surface area contributed by atoms with Gasteiger partial charge >= 0.3 is 6.03 Å². The van der Waals surface area contributed by atoms with Gasteiger partial charge in [-0.25, -0.2) is 4.79 Å². The summed E-state index contributed by atoms with van der Waals surface area (Å²) in [6.45, 7) is 5.15. The Kier molecular flexibility index (Phi) is 7.24. The van der Waals surface area contributed by atoms with Crippen molar-refractivity contribution < 1.29 is 28.7 Å². The van der Waals surface area contributed by atoms with Crippen molar-refractivity contribution in [2.24, 2.45) is 0 Å². The van der Waals surface area contributed by atoms with Gasteiger partial charge in [0.15, 0.2) is 18.1 Å². The zero-order chi connectivity index (χ0) is 24.0. The molecular formula is C24H23N3O6. The Morgan fingerprint density at radius 2 is 1.94 bits per heavy atom. The zero-order valence-corrected chi connectivity index (χ0v) is 18.2. The Labute approximate surface area is 190 Å². The number of urea groups is 1. The van der Waals surface area contributed by atoms with Crippen LogP contribution in [-0.2, 0) is 14.4 Å². The molecule has 0 aliphatic carbocycles. The molecule has 0 saturated carbocycles. The summed E-state index contributed by atoms with van der Waals surface area (Å²) in [5, 5.41) is 4.87. The molecule has 1 fully saturated rings. The minimum atomic E-state index is -0.799. The Morgan fingerprint density at radius 3 is 2.64 bits per heavy atom. The number of aryl methyl sites for hydroxylation is 1. The fourth-order valence-electron chi connectivity index (χ4n) is 3.11. The number of barbiturate groups is 1. The topological polar surface area (TPSA) is 114 Å². The summed E-state index contributed by atoms with van der Waals surface area (Å²) in [4.78, 5) is 49.6. The van der Waals surface area contributed by atoms with Gasteiger partial charge in [-0.2, -0.15) is 0 Å². The van der Waals surface area contributed by atoms with Gasteiger partial charge in [-0.05, 0) is 48.4 Å². The van der Waals surface area contributed by atoms with Gasteiger partial charge in [0.25, 0.3) is 17.7 Å². The molecule has 1 aliphatic rings. The SMILES string of the molecule is C=CCN1C(=O)NC(=O)/C(=C/c2ccc(OCC(=O)Nc3cccc(C)c3)c(OC)c2)C1=O. The number of rotatable bonds is 8. The van der Waals surface area contributed by atoms with Crippen LogP contribution in [-0.4, -0.2) is 48.9 Å². The molecule has 0 bridgehead atoms. The molecular weight excluding hydrogens is 426 g/mol. The third kappa shape index (κ3) is 5.65. The molecule has 1 aliphatic heterocycles. The first-order valence-electron chi connectivity index (χ1n) is 9.99. The van der Waals surface area contributed by atoms with Gasteiger partial charge in [-0.3, -0.25) is 24.6 Å². The van der Waals surface area contributed by atoms with Gasteiger partial charge in [0, 0.05) is 12.2 Å². The molecule has 5 amide bonds. The molecule has 1 saturated heterocycles. The second-order valence-corrected chi connectivity index (χ2v) is 7.14. The molecule has 170 valence electrons. The number of nitrogens with zero attached hydrogens (tertiary/aromatic N) is 1. The first-order valence-corrected chi connectivity index (χ1v) is 9.99. The standard InChI is InChI=1S/C24H23N3O6/c1-4-10-27-23(30)18(22(29)26-24(27)31)12-16-8-9-19(20(13-16)32-3)33-14-21(28)25-17-7-5-6-15(2)11-17/h4-9,11-13H,1,10,14H2,2-3H3,(H,25,28)(H,26,29,31)/b18-12-. The number of ether oxygens (including phenoxy) is 2. The van der Waals surface area contributed by atoms with Gasteiger partial charge in [0.1, 0.15) is 5.57 Å². The Morgan fingerprint density at radius 1 is 1.15 bits per heavy atom. The second kappa shape index (κ2) is 10.3. The summed E-state index contributed by atoms with van der Waals surface area (Å²) < 4.78 is 10.9. The van der Waals surface area contributed by atoms with E-state index < -0.39 is 17.8 Å². The number of benzene rings is 2. The summed E-state index contributed by atoms with van der Waals surface area (Å²) in [6, 6.07) is 11.3. The third-order valence-corrected chi connectivity index (χ3v) is 4.66. The van der Waals surface area contributed by atoms with Crippen LogP contribution in [0.15, 0.2) is 60.7 Å². The summed E-state index contributed by atoms with van der Waals surface area (Å²) in [6.07, 6.45) is 2.73. The molecule has 2 N–H and O–H groups in total. The van der Waals surface area contributed by atoms with Crippen LogP contribution in [0, 0.1) is 6.92 Å². The Hall–Kier alpha value is -4.40. The van der Waals surface area contributed by atoms with E-state index in [1.807, 2.05) is 25.1 Å². The highest BCUT2D eigenvalue weighted by Crippen LogP contribution is 2.29. The van der Waals surface area contributed by atoms with Gasteiger partial charge in [0.05, 0.1) is 7.11 Å². The molecule has 9 nitrogen and oxygen atoms in total. The highest BCUT2D eigenvalue weighted by molar-refractivity contribution is 6.31. The Balaban J connectivity index is 1.73. The molecule has 33 heavy (non-hydrogen) atoms. The van der Waals surface area contributed by atoms with Crippen LogP contribution in [0.3, 0.4) is 0 Å². The summed E-state index contributed by atoms with van der Waals surface area (Å²) in [5.41, 5.74) is 1.94. The number of nitrogens with one attached hydrogen (secondary N) is 2. The van der Waals surface area contributed by atoms with Crippen molar-refractivity contribution in [2.45, 2.75) is 6.92 Å². The van der Waals surface area contributed by atoms with Crippen molar-refractivity contribution in [3.8, 4) is 11.5 Å². The van der Waals surface area contributed by atoms with Crippen LogP contribution in [0.4, 0.5) is 10.5 Å². The number of anilines is 1. The quantitative estimate of drug-likeness (QED) is 0.364. The number of carbonyl (C=O) groups excluding carboxylic acids is 4. The maximum atomic E-state index is 12.5. The molecule has 0 aromatic heterocycles. The number of hydrogen-bond donors (Lipinski definition) is 2. The average molecular weight is 449 g/mol. The molecule has 0 radical (unpaired) electrons. The van der Waals surface area contributed by atoms with Gasteiger partial charge < -0.3 is 14.8 Å². The van der Waals surface area contributed by atoms with E-state index in [1.54, 1.807) is 24.3 Å². The van der Waals surface area contributed by atoms with E-state index >= 15 is 0 Å². The number of methoxy groups -OCH3 is 1. The van der Waals surface area contributed by atoms with E-state index in [-0.39, 0.29) is 24.6 Å². The van der Waals surface area contributed by atoms with Crippen LogP contribution < -0.4 is 20.1 Å². The van der Waals surface area contributed by atoms with Crippen LogP contribution >= 0.6 is 0 Å². The molecule has 0 atom stereocenters. The molecule has 3 rings (SSSR count). The fraction of sp³-hybridized carbons (Fsp3) is 0.167. The highest BCUT2D eigenvalue weighted by Gasteiger charge is 2.34. The largest absolute Gasteiger partial charge is 0.493 e. The van der Waals surface area contributed by atoms with Crippen molar-refractivity contribution in [3.05, 3.63) is 71.8 Å². The first kappa shape index (κ1) is 23.3. The lowest BCUT2D eigenvalue weighted by Gasteiger charge is -2.25. The van der Waals surface area contributed by atoms with Gasteiger partial charge in [-0.15, -0.1) is 6.58 Å². The number of hydrogen-bond acceptors (Lipinski definition) is 6. The van der Waals surface area contributed by atoms with Crippen molar-refractivity contribution in [2.75, 3.05) is 25.6 Å². The van der Waals surface area contributed by atoms with E-state index in [2.05, 4.69) is 17.2 Å². The third-order valence-electron chi connectivity index (χ3n) is 4.66. The molecule has 0 spiro atoms. The molecule has 2 aromatic carbocycles. The predicted octanol–water partition coefficient (Wildman–Crippen LogP) is 2.67. The maximum Gasteiger partial charge on any atom is 0.331 e. The van der Waals surface area contributed by atoms with Crippen molar-refractivity contribution in [1.29, 1.82) is 0 Å². The second-order valence-electron chi connectivity index (χ2n) is 7.14. The average Bonchev–Trinajstić information content (AvgIpc) is 2.78. The van der Waals surface area contributed by atoms with E-state index in [9.17, 15) is 19.2 Å². The van der Waals surface area contributed by atoms with E-state index in [0.717, 1.165) is 10.5 Å². The molecule has 0 unspecified atom stereocenters. The summed E-state index contributed by atoms with van der Waals surface area (Å²) in [7, 11) is 1.43. The lowest BCUT2D eigenvalue weighted by atomic mass is 10.1. The van der Waals surface area contributed by atoms with Crippen LogP contribution in [0.5, 0.6) is 11.5 Å². The molecule has 1 heterocycles. The lowest BCUT2D eigenvalue weighted by molar-refractivity contribution is -0.129. The van der Waals surface area contributed by atoms with Crippen molar-refractivity contribution in [1.82, 2.24) is 10.2 Å². The van der Waals surface area contributed by atoms with Crippen LogP contribution in [0.2, 0.25) is 0 Å². The highest BCUT2D eigenvalue weighted by atomic mass is 16.5. The van der Waals surface area contributed by atoms with Crippen molar-refractivity contribution >= 4 is 35.5 Å². The predicted molar refractivity (Wildman–Crippen MR) is 122 cm³/mol. The molecule has 2 aromatic rings. The summed E-state index contributed by atoms with van der Waals surface area (Å²) in [5.74, 6) is -1.25. The smallest absolute Gasteiger partial charge is 0.331 e. The first-order chi connectivity index (χ1) is 15.8. The normalized spacial score (nSPS) is 14.7. The zero-order valence-electron chi connectivity index (χ0n) is 18.2.